The Kier molecular flexibility index (Phi) is 6.26. The molecule has 2 aromatic rings. The minimum Gasteiger partial charge on any atom is -0.298 e. The van der Waals surface area contributed by atoms with E-state index in [0.717, 1.165) is 31.4 Å². The van der Waals surface area contributed by atoms with Gasteiger partial charge in [0.2, 0.25) is 10.0 Å². The van der Waals surface area contributed by atoms with Crippen LogP contribution in [0.4, 0.5) is 5.13 Å². The average molecular weight is 476 g/mol. The molecule has 32 heavy (non-hydrogen) atoms. The smallest absolute Gasteiger partial charge is 0.257 e. The van der Waals surface area contributed by atoms with E-state index in [2.05, 4.69) is 10.3 Å². The van der Waals surface area contributed by atoms with E-state index >= 15 is 0 Å². The van der Waals surface area contributed by atoms with Crippen LogP contribution in [0.15, 0.2) is 29.2 Å². The van der Waals surface area contributed by atoms with Gasteiger partial charge in [-0.3, -0.25) is 14.9 Å². The van der Waals surface area contributed by atoms with Crippen molar-refractivity contribution < 1.29 is 18.0 Å². The van der Waals surface area contributed by atoms with Gasteiger partial charge in [-0.2, -0.15) is 4.31 Å². The number of sulfonamides is 1. The highest BCUT2D eigenvalue weighted by Crippen LogP contribution is 2.38. The quantitative estimate of drug-likeness (QED) is 0.687. The van der Waals surface area contributed by atoms with Crippen molar-refractivity contribution in [1.29, 1.82) is 0 Å². The zero-order valence-corrected chi connectivity index (χ0v) is 20.3. The van der Waals surface area contributed by atoms with E-state index in [0.29, 0.717) is 35.0 Å². The summed E-state index contributed by atoms with van der Waals surface area (Å²) in [5.41, 5.74) is 0.945. The average Bonchev–Trinajstić information content (AvgIpc) is 3.15. The fourth-order valence-corrected chi connectivity index (χ4v) is 7.24. The SMILES string of the molecule is CCC1CCCCN1S(=O)(=O)c1ccc(C(=O)Nc2nc3c(s2)C(=O)CC(C)(C)C3)cc1. The Morgan fingerprint density at radius 1 is 1.22 bits per heavy atom. The van der Waals surface area contributed by atoms with E-state index in [4.69, 9.17) is 0 Å². The van der Waals surface area contributed by atoms with Gasteiger partial charge in [0.05, 0.1) is 15.5 Å². The van der Waals surface area contributed by atoms with Gasteiger partial charge in [-0.15, -0.1) is 0 Å². The number of rotatable bonds is 5. The van der Waals surface area contributed by atoms with E-state index in [9.17, 15) is 18.0 Å². The van der Waals surface area contributed by atoms with E-state index in [1.807, 2.05) is 20.8 Å². The number of nitrogens with one attached hydrogen (secondary N) is 1. The number of carbonyl (C=O) groups excluding carboxylic acids is 2. The Balaban J connectivity index is 1.49. The molecular weight excluding hydrogens is 446 g/mol. The fourth-order valence-electron chi connectivity index (χ4n) is 4.55. The summed E-state index contributed by atoms with van der Waals surface area (Å²) in [5, 5.41) is 3.15. The molecular formula is C23H29N3O4S2. The molecule has 0 bridgehead atoms. The Labute approximate surface area is 193 Å². The highest BCUT2D eigenvalue weighted by Gasteiger charge is 2.34. The van der Waals surface area contributed by atoms with Gasteiger partial charge in [0.25, 0.3) is 5.91 Å². The van der Waals surface area contributed by atoms with E-state index in [1.165, 1.54) is 35.6 Å². The van der Waals surface area contributed by atoms with Crippen LogP contribution in [0, 0.1) is 5.41 Å². The number of nitrogens with zero attached hydrogens (tertiary/aromatic N) is 2. The van der Waals surface area contributed by atoms with E-state index in [-0.39, 0.29) is 28.0 Å². The number of thiazole rings is 1. The summed E-state index contributed by atoms with van der Waals surface area (Å²) in [6, 6.07) is 6.05. The Bertz CT molecular complexity index is 1140. The second-order valence-electron chi connectivity index (χ2n) is 9.39. The highest BCUT2D eigenvalue weighted by atomic mass is 32.2. The molecule has 1 aliphatic carbocycles. The van der Waals surface area contributed by atoms with Crippen LogP contribution in [0.5, 0.6) is 0 Å². The first-order valence-electron chi connectivity index (χ1n) is 11.1. The number of hydrogen-bond donors (Lipinski definition) is 1. The van der Waals surface area contributed by atoms with Crippen LogP contribution >= 0.6 is 11.3 Å². The van der Waals surface area contributed by atoms with Crippen LogP contribution in [0.25, 0.3) is 0 Å². The molecule has 2 aliphatic rings. The van der Waals surface area contributed by atoms with Crippen LogP contribution in [0.1, 0.15) is 78.6 Å². The Morgan fingerprint density at radius 2 is 1.94 bits per heavy atom. The van der Waals surface area contributed by atoms with Gasteiger partial charge < -0.3 is 0 Å². The van der Waals surface area contributed by atoms with E-state index < -0.39 is 10.0 Å². The van der Waals surface area contributed by atoms with Crippen molar-refractivity contribution in [3.63, 3.8) is 0 Å². The van der Waals surface area contributed by atoms with Gasteiger partial charge in [0.15, 0.2) is 10.9 Å². The van der Waals surface area contributed by atoms with Crippen LogP contribution < -0.4 is 5.32 Å². The lowest BCUT2D eigenvalue weighted by molar-refractivity contribution is 0.0915. The van der Waals surface area contributed by atoms with Crippen molar-refractivity contribution in [2.45, 2.75) is 70.2 Å². The van der Waals surface area contributed by atoms with Gasteiger partial charge in [0.1, 0.15) is 0 Å². The predicted octanol–water partition coefficient (Wildman–Crippen LogP) is 4.50. The lowest BCUT2D eigenvalue weighted by Gasteiger charge is -2.34. The number of benzene rings is 1. The molecule has 1 aromatic heterocycles. The summed E-state index contributed by atoms with van der Waals surface area (Å²) in [7, 11) is -3.59. The number of amides is 1. The fraction of sp³-hybridized carbons (Fsp3) is 0.522. The summed E-state index contributed by atoms with van der Waals surface area (Å²) in [6.45, 7) is 6.62. The molecule has 0 saturated carbocycles. The third-order valence-electron chi connectivity index (χ3n) is 6.22. The molecule has 1 atom stereocenters. The minimum atomic E-state index is -3.59. The molecule has 1 N–H and O–H groups in total. The van der Waals surface area contributed by atoms with Gasteiger partial charge >= 0.3 is 0 Å². The molecule has 4 rings (SSSR count). The third-order valence-corrected chi connectivity index (χ3v) is 9.24. The molecule has 7 nitrogen and oxygen atoms in total. The molecule has 9 heteroatoms. The van der Waals surface area contributed by atoms with Gasteiger partial charge in [0, 0.05) is 24.6 Å². The normalized spacial score (nSPS) is 21.2. The molecule has 1 amide bonds. The maximum Gasteiger partial charge on any atom is 0.257 e. The number of piperidine rings is 1. The summed E-state index contributed by atoms with van der Waals surface area (Å²) < 4.78 is 27.8. The van der Waals surface area contributed by atoms with Gasteiger partial charge in [-0.1, -0.05) is 38.5 Å². The third kappa shape index (κ3) is 4.51. The van der Waals surface area contributed by atoms with Crippen molar-refractivity contribution in [3.05, 3.63) is 40.4 Å². The zero-order valence-electron chi connectivity index (χ0n) is 18.7. The van der Waals surface area contributed by atoms with Crippen molar-refractivity contribution in [2.75, 3.05) is 11.9 Å². The van der Waals surface area contributed by atoms with Crippen LogP contribution in [-0.4, -0.2) is 42.0 Å². The monoisotopic (exact) mass is 475 g/mol. The number of fused-ring (bicyclic) bond motifs is 1. The lowest BCUT2D eigenvalue weighted by atomic mass is 9.78. The number of ketones is 1. The first-order valence-corrected chi connectivity index (χ1v) is 13.3. The van der Waals surface area contributed by atoms with Crippen molar-refractivity contribution >= 4 is 38.2 Å². The topological polar surface area (TPSA) is 96.4 Å². The molecule has 172 valence electrons. The number of anilines is 1. The second kappa shape index (κ2) is 8.68. The molecule has 0 spiro atoms. The standard InChI is InChI=1S/C23H29N3O4S2/c1-4-16-7-5-6-12-26(16)32(29,30)17-10-8-15(9-11-17)21(28)25-22-24-18-13-23(2,3)14-19(27)20(18)31-22/h8-11,16H,4-7,12-14H2,1-3H3,(H,24,25,28). The van der Waals surface area contributed by atoms with E-state index in [1.54, 1.807) is 4.31 Å². The number of aromatic nitrogens is 1. The Morgan fingerprint density at radius 3 is 2.62 bits per heavy atom. The second-order valence-corrected chi connectivity index (χ2v) is 12.3. The molecule has 1 fully saturated rings. The summed E-state index contributed by atoms with van der Waals surface area (Å²) in [4.78, 5) is 30.4. The number of hydrogen-bond acceptors (Lipinski definition) is 6. The molecule has 1 unspecified atom stereocenters. The molecule has 2 heterocycles. The summed E-state index contributed by atoms with van der Waals surface area (Å²) in [5.74, 6) is -0.317. The largest absolute Gasteiger partial charge is 0.298 e. The van der Waals surface area contributed by atoms with Crippen LogP contribution in [0.3, 0.4) is 0 Å². The van der Waals surface area contributed by atoms with Gasteiger partial charge in [-0.05, 0) is 55.4 Å². The summed E-state index contributed by atoms with van der Waals surface area (Å²) >= 11 is 1.20. The maximum absolute atomic E-state index is 13.1. The first-order chi connectivity index (χ1) is 15.1. The predicted molar refractivity (Wildman–Crippen MR) is 125 cm³/mol. The van der Waals surface area contributed by atoms with Crippen LogP contribution in [-0.2, 0) is 16.4 Å². The molecule has 1 aliphatic heterocycles. The molecule has 1 saturated heterocycles. The van der Waals surface area contributed by atoms with Crippen molar-refractivity contribution in [1.82, 2.24) is 9.29 Å². The number of Topliss-reactive ketones (excluding diaryl/α,β-unsaturated/α-hetero) is 1. The summed E-state index contributed by atoms with van der Waals surface area (Å²) in [6.07, 6.45) is 4.76. The Hall–Kier alpha value is -2.10. The van der Waals surface area contributed by atoms with Gasteiger partial charge in [-0.25, -0.2) is 13.4 Å². The molecule has 1 aromatic carbocycles. The minimum absolute atomic E-state index is 0.0281. The van der Waals surface area contributed by atoms with Crippen molar-refractivity contribution in [3.8, 4) is 0 Å². The number of carbonyl (C=O) groups is 2. The molecule has 0 radical (unpaired) electrons. The zero-order chi connectivity index (χ0) is 23.1. The van der Waals surface area contributed by atoms with Crippen molar-refractivity contribution in [2.24, 2.45) is 5.41 Å². The lowest BCUT2D eigenvalue weighted by Crippen LogP contribution is -2.43. The highest BCUT2D eigenvalue weighted by molar-refractivity contribution is 7.89. The maximum atomic E-state index is 13.1. The first kappa shape index (κ1) is 23.1. The van der Waals surface area contributed by atoms with Crippen LogP contribution in [0.2, 0.25) is 0 Å².